The topological polar surface area (TPSA) is 43.8 Å². The van der Waals surface area contributed by atoms with Crippen LogP contribution in [0.1, 0.15) is 25.3 Å². The van der Waals surface area contributed by atoms with Crippen molar-refractivity contribution in [3.05, 3.63) is 42.2 Å². The number of fused-ring (bicyclic) bond motifs is 3. The second kappa shape index (κ2) is 4.91. The van der Waals surface area contributed by atoms with E-state index in [4.69, 9.17) is 5.73 Å². The highest BCUT2D eigenvalue weighted by Crippen LogP contribution is 2.31. The smallest absolute Gasteiger partial charge is 0.0519 e. The van der Waals surface area contributed by atoms with Gasteiger partial charge >= 0.3 is 0 Å². The molecule has 0 saturated heterocycles. The highest BCUT2D eigenvalue weighted by atomic mass is 14.9. The van der Waals surface area contributed by atoms with Gasteiger partial charge in [0.15, 0.2) is 0 Å². The standard InChI is InChI=1S/C17H21N3/c1-11(2)14(9-18)12-4-5-16-13(8-12)15-10-19-7-6-17(15)20(16)3/h4-8,10-11,14H,9,18H2,1-3H3. The number of rotatable bonds is 3. The second-order valence-corrected chi connectivity index (χ2v) is 5.81. The number of pyridine rings is 1. The molecule has 3 heteroatoms. The Bertz CT molecular complexity index is 755. The maximum atomic E-state index is 5.95. The summed E-state index contributed by atoms with van der Waals surface area (Å²) in [5, 5.41) is 2.48. The van der Waals surface area contributed by atoms with E-state index in [9.17, 15) is 0 Å². The minimum atomic E-state index is 0.409. The molecule has 1 unspecified atom stereocenters. The van der Waals surface area contributed by atoms with Gasteiger partial charge in [-0.3, -0.25) is 4.98 Å². The summed E-state index contributed by atoms with van der Waals surface area (Å²) < 4.78 is 2.23. The molecule has 0 aliphatic rings. The highest BCUT2D eigenvalue weighted by molar-refractivity contribution is 6.07. The lowest BCUT2D eigenvalue weighted by molar-refractivity contribution is 0.507. The molecule has 3 rings (SSSR count). The summed E-state index contributed by atoms with van der Waals surface area (Å²) in [6, 6.07) is 8.77. The fraction of sp³-hybridized carbons (Fsp3) is 0.353. The molecular formula is C17H21N3. The van der Waals surface area contributed by atoms with Gasteiger partial charge in [-0.2, -0.15) is 0 Å². The molecule has 0 amide bonds. The Morgan fingerprint density at radius 2 is 1.90 bits per heavy atom. The van der Waals surface area contributed by atoms with Crippen molar-refractivity contribution in [3.8, 4) is 0 Å². The van der Waals surface area contributed by atoms with Crippen LogP contribution in [0, 0.1) is 5.92 Å². The van der Waals surface area contributed by atoms with E-state index in [1.165, 1.54) is 27.4 Å². The number of nitrogens with zero attached hydrogens (tertiary/aromatic N) is 2. The summed E-state index contributed by atoms with van der Waals surface area (Å²) in [7, 11) is 2.10. The van der Waals surface area contributed by atoms with E-state index in [1.54, 1.807) is 0 Å². The zero-order valence-electron chi connectivity index (χ0n) is 12.3. The molecule has 0 bridgehead atoms. The molecule has 3 aromatic rings. The summed E-state index contributed by atoms with van der Waals surface area (Å²) >= 11 is 0. The van der Waals surface area contributed by atoms with Gasteiger partial charge in [0.2, 0.25) is 0 Å². The quantitative estimate of drug-likeness (QED) is 0.790. The van der Waals surface area contributed by atoms with E-state index in [0.29, 0.717) is 18.4 Å². The van der Waals surface area contributed by atoms with Crippen LogP contribution >= 0.6 is 0 Å². The third kappa shape index (κ3) is 1.90. The molecular weight excluding hydrogens is 246 g/mol. The SMILES string of the molecule is CC(C)C(CN)c1ccc2c(c1)c1cnccc1n2C. The fourth-order valence-electron chi connectivity index (χ4n) is 3.10. The summed E-state index contributed by atoms with van der Waals surface area (Å²) in [6.45, 7) is 5.14. The molecule has 1 aromatic carbocycles. The number of hydrogen-bond acceptors (Lipinski definition) is 2. The molecule has 2 aromatic heterocycles. The molecule has 0 radical (unpaired) electrons. The third-order valence-corrected chi connectivity index (χ3v) is 4.32. The van der Waals surface area contributed by atoms with Crippen LogP contribution in [-0.2, 0) is 7.05 Å². The van der Waals surface area contributed by atoms with Gasteiger partial charge in [0.1, 0.15) is 0 Å². The van der Waals surface area contributed by atoms with Gasteiger partial charge in [0, 0.05) is 35.7 Å². The lowest BCUT2D eigenvalue weighted by Crippen LogP contribution is -2.17. The lowest BCUT2D eigenvalue weighted by atomic mass is 9.88. The van der Waals surface area contributed by atoms with Crippen LogP contribution in [0.3, 0.4) is 0 Å². The van der Waals surface area contributed by atoms with Crippen molar-refractivity contribution in [3.63, 3.8) is 0 Å². The molecule has 0 fully saturated rings. The van der Waals surface area contributed by atoms with Crippen molar-refractivity contribution in [2.45, 2.75) is 19.8 Å². The van der Waals surface area contributed by atoms with Crippen LogP contribution in [0.5, 0.6) is 0 Å². The van der Waals surface area contributed by atoms with Gasteiger partial charge in [0.25, 0.3) is 0 Å². The predicted molar refractivity (Wildman–Crippen MR) is 84.9 cm³/mol. The minimum absolute atomic E-state index is 0.409. The first-order valence-electron chi connectivity index (χ1n) is 7.15. The zero-order chi connectivity index (χ0) is 14.3. The van der Waals surface area contributed by atoms with Crippen LogP contribution in [0.25, 0.3) is 21.8 Å². The van der Waals surface area contributed by atoms with Crippen LogP contribution < -0.4 is 5.73 Å². The number of benzene rings is 1. The van der Waals surface area contributed by atoms with E-state index >= 15 is 0 Å². The van der Waals surface area contributed by atoms with Crippen LogP contribution in [0.4, 0.5) is 0 Å². The molecule has 2 N–H and O–H groups in total. The first-order chi connectivity index (χ1) is 9.63. The van der Waals surface area contributed by atoms with Crippen molar-refractivity contribution in [1.29, 1.82) is 0 Å². The number of aromatic nitrogens is 2. The van der Waals surface area contributed by atoms with Gasteiger partial charge in [-0.15, -0.1) is 0 Å². The van der Waals surface area contributed by atoms with E-state index in [2.05, 4.69) is 54.7 Å². The van der Waals surface area contributed by atoms with Crippen molar-refractivity contribution >= 4 is 21.8 Å². The van der Waals surface area contributed by atoms with E-state index in [-0.39, 0.29) is 0 Å². The molecule has 2 heterocycles. The molecule has 0 spiro atoms. The molecule has 0 saturated carbocycles. The minimum Gasteiger partial charge on any atom is -0.344 e. The lowest BCUT2D eigenvalue weighted by Gasteiger charge is -2.19. The Morgan fingerprint density at radius 1 is 1.15 bits per heavy atom. The van der Waals surface area contributed by atoms with E-state index < -0.39 is 0 Å². The largest absolute Gasteiger partial charge is 0.344 e. The first kappa shape index (κ1) is 13.1. The highest BCUT2D eigenvalue weighted by Gasteiger charge is 2.16. The van der Waals surface area contributed by atoms with E-state index in [0.717, 1.165) is 0 Å². The molecule has 1 atom stereocenters. The van der Waals surface area contributed by atoms with Crippen molar-refractivity contribution in [2.75, 3.05) is 6.54 Å². The number of aryl methyl sites for hydroxylation is 1. The van der Waals surface area contributed by atoms with Crippen LogP contribution in [0.15, 0.2) is 36.7 Å². The molecule has 0 aliphatic carbocycles. The molecule has 104 valence electrons. The second-order valence-electron chi connectivity index (χ2n) is 5.81. The Kier molecular flexibility index (Phi) is 3.22. The average molecular weight is 267 g/mol. The van der Waals surface area contributed by atoms with Crippen LogP contribution in [-0.4, -0.2) is 16.1 Å². The predicted octanol–water partition coefficient (Wildman–Crippen LogP) is 3.42. The molecule has 20 heavy (non-hydrogen) atoms. The maximum Gasteiger partial charge on any atom is 0.0519 e. The zero-order valence-corrected chi connectivity index (χ0v) is 12.3. The Hall–Kier alpha value is -1.87. The van der Waals surface area contributed by atoms with Crippen molar-refractivity contribution in [1.82, 2.24) is 9.55 Å². The van der Waals surface area contributed by atoms with Crippen LogP contribution in [0.2, 0.25) is 0 Å². The normalized spacial score (nSPS) is 13.4. The Balaban J connectivity index is 2.27. The van der Waals surface area contributed by atoms with Gasteiger partial charge in [-0.25, -0.2) is 0 Å². The number of hydrogen-bond donors (Lipinski definition) is 1. The van der Waals surface area contributed by atoms with Gasteiger partial charge < -0.3 is 10.3 Å². The first-order valence-corrected chi connectivity index (χ1v) is 7.15. The monoisotopic (exact) mass is 267 g/mol. The molecule has 0 aliphatic heterocycles. The summed E-state index contributed by atoms with van der Waals surface area (Å²) in [5.41, 5.74) is 9.75. The van der Waals surface area contributed by atoms with Gasteiger partial charge in [-0.1, -0.05) is 19.9 Å². The summed E-state index contributed by atoms with van der Waals surface area (Å²) in [5.74, 6) is 0.955. The third-order valence-electron chi connectivity index (χ3n) is 4.32. The number of nitrogens with two attached hydrogens (primary N) is 1. The summed E-state index contributed by atoms with van der Waals surface area (Å²) in [6.07, 6.45) is 3.80. The fourth-order valence-corrected chi connectivity index (χ4v) is 3.10. The average Bonchev–Trinajstić information content (AvgIpc) is 2.73. The summed E-state index contributed by atoms with van der Waals surface area (Å²) in [4.78, 5) is 4.27. The Morgan fingerprint density at radius 3 is 2.60 bits per heavy atom. The van der Waals surface area contributed by atoms with E-state index in [1.807, 2.05) is 12.4 Å². The van der Waals surface area contributed by atoms with Gasteiger partial charge in [0.05, 0.1) is 5.52 Å². The maximum absolute atomic E-state index is 5.95. The van der Waals surface area contributed by atoms with Crippen molar-refractivity contribution < 1.29 is 0 Å². The van der Waals surface area contributed by atoms with Gasteiger partial charge in [-0.05, 0) is 42.1 Å². The Labute approximate surface area is 119 Å². The van der Waals surface area contributed by atoms with Crippen molar-refractivity contribution in [2.24, 2.45) is 18.7 Å². The molecule has 3 nitrogen and oxygen atoms in total.